The van der Waals surface area contributed by atoms with Gasteiger partial charge in [0.2, 0.25) is 0 Å². The number of carbonyl (C=O) groups is 1. The second-order valence-electron chi connectivity index (χ2n) is 4.92. The van der Waals surface area contributed by atoms with Crippen LogP contribution in [-0.4, -0.2) is 47.3 Å². The summed E-state index contributed by atoms with van der Waals surface area (Å²) in [6, 6.07) is 1.81. The maximum Gasteiger partial charge on any atom is 0.254 e. The van der Waals surface area contributed by atoms with Crippen LogP contribution in [0.4, 0.5) is 0 Å². The molecule has 2 N–H and O–H groups in total. The molecule has 1 aromatic heterocycles. The van der Waals surface area contributed by atoms with Crippen molar-refractivity contribution in [3.63, 3.8) is 0 Å². The van der Waals surface area contributed by atoms with Crippen molar-refractivity contribution in [3.05, 3.63) is 21.9 Å². The fourth-order valence-electron chi connectivity index (χ4n) is 2.30. The van der Waals surface area contributed by atoms with Crippen LogP contribution in [0.2, 0.25) is 0 Å². The van der Waals surface area contributed by atoms with Gasteiger partial charge in [0, 0.05) is 31.5 Å². The number of hydrogen-bond acceptors (Lipinski definition) is 4. The predicted octanol–water partition coefficient (Wildman–Crippen LogP) is 1.33. The van der Waals surface area contributed by atoms with Crippen molar-refractivity contribution in [2.75, 3.05) is 26.3 Å². The Kier molecular flexibility index (Phi) is 5.60. The van der Waals surface area contributed by atoms with Crippen molar-refractivity contribution in [2.24, 2.45) is 5.92 Å². The van der Waals surface area contributed by atoms with Crippen LogP contribution >= 0.6 is 11.3 Å². The van der Waals surface area contributed by atoms with Crippen LogP contribution in [0.15, 0.2) is 11.4 Å². The summed E-state index contributed by atoms with van der Waals surface area (Å²) in [5.74, 6) is 6.02. The van der Waals surface area contributed by atoms with E-state index >= 15 is 0 Å². The number of rotatable bonds is 3. The van der Waals surface area contributed by atoms with E-state index in [1.165, 1.54) is 11.3 Å². The zero-order chi connectivity index (χ0) is 14.4. The second-order valence-corrected chi connectivity index (χ2v) is 5.83. The van der Waals surface area contributed by atoms with E-state index in [1.54, 1.807) is 6.07 Å². The quantitative estimate of drug-likeness (QED) is 0.827. The lowest BCUT2D eigenvalue weighted by Gasteiger charge is -2.31. The molecule has 0 radical (unpaired) electrons. The average molecular weight is 293 g/mol. The average Bonchev–Trinajstić information content (AvgIpc) is 2.95. The Morgan fingerprint density at radius 2 is 2.35 bits per heavy atom. The first kappa shape index (κ1) is 15.0. The van der Waals surface area contributed by atoms with Gasteiger partial charge in [-0.25, -0.2) is 0 Å². The van der Waals surface area contributed by atoms with Gasteiger partial charge in [-0.2, -0.15) is 0 Å². The summed E-state index contributed by atoms with van der Waals surface area (Å²) in [6.45, 7) is 1.60. The lowest BCUT2D eigenvalue weighted by atomic mass is 9.98. The minimum absolute atomic E-state index is 0.0228. The molecule has 1 atom stereocenters. The molecule has 4 nitrogen and oxygen atoms in total. The first-order valence-electron chi connectivity index (χ1n) is 6.83. The minimum Gasteiger partial charge on any atom is -0.396 e. The molecule has 2 rings (SSSR count). The molecule has 1 amide bonds. The monoisotopic (exact) mass is 293 g/mol. The van der Waals surface area contributed by atoms with E-state index in [4.69, 9.17) is 5.11 Å². The molecule has 1 saturated heterocycles. The Morgan fingerprint density at radius 3 is 3.10 bits per heavy atom. The number of hydrogen-bond donors (Lipinski definition) is 2. The van der Waals surface area contributed by atoms with Gasteiger partial charge in [-0.1, -0.05) is 11.8 Å². The summed E-state index contributed by atoms with van der Waals surface area (Å²) in [7, 11) is 0. The van der Waals surface area contributed by atoms with Crippen molar-refractivity contribution in [1.29, 1.82) is 0 Å². The third-order valence-electron chi connectivity index (χ3n) is 3.36. The van der Waals surface area contributed by atoms with Crippen LogP contribution in [0.5, 0.6) is 0 Å². The summed E-state index contributed by atoms with van der Waals surface area (Å²) in [5.41, 5.74) is 0.668. The van der Waals surface area contributed by atoms with Gasteiger partial charge in [-0.15, -0.1) is 11.3 Å². The smallest absolute Gasteiger partial charge is 0.254 e. The molecule has 0 aliphatic carbocycles. The number of thiophene rings is 1. The molecule has 5 heteroatoms. The highest BCUT2D eigenvalue weighted by molar-refractivity contribution is 7.10. The summed E-state index contributed by atoms with van der Waals surface area (Å²) in [4.78, 5) is 15.0. The molecule has 0 bridgehead atoms. The predicted molar refractivity (Wildman–Crippen MR) is 78.6 cm³/mol. The first-order chi connectivity index (χ1) is 9.74. The van der Waals surface area contributed by atoms with Crippen molar-refractivity contribution < 1.29 is 15.0 Å². The van der Waals surface area contributed by atoms with Crippen LogP contribution in [0.25, 0.3) is 0 Å². The molecule has 108 valence electrons. The first-order valence-corrected chi connectivity index (χ1v) is 7.71. The van der Waals surface area contributed by atoms with E-state index in [0.717, 1.165) is 24.3 Å². The van der Waals surface area contributed by atoms with Crippen molar-refractivity contribution in [2.45, 2.75) is 19.3 Å². The van der Waals surface area contributed by atoms with Gasteiger partial charge in [-0.3, -0.25) is 4.79 Å². The molecule has 0 spiro atoms. The van der Waals surface area contributed by atoms with Crippen LogP contribution in [0.1, 0.15) is 34.5 Å². The standard InChI is InChI=1S/C15H19NO3S/c17-7-2-1-5-14-8-13(11-20-14)15(19)16-6-3-4-12(9-16)10-18/h8,11-12,17-18H,2-4,6-7,9-10H2. The third kappa shape index (κ3) is 3.83. The minimum atomic E-state index is 0.0228. The molecular formula is C15H19NO3S. The topological polar surface area (TPSA) is 60.8 Å². The van der Waals surface area contributed by atoms with Gasteiger partial charge in [0.1, 0.15) is 0 Å². The van der Waals surface area contributed by atoms with E-state index in [9.17, 15) is 9.90 Å². The van der Waals surface area contributed by atoms with E-state index in [-0.39, 0.29) is 25.0 Å². The Bertz CT molecular complexity index is 515. The number of nitrogens with zero attached hydrogens (tertiary/aromatic N) is 1. The van der Waals surface area contributed by atoms with Crippen molar-refractivity contribution in [1.82, 2.24) is 4.90 Å². The lowest BCUT2D eigenvalue weighted by Crippen LogP contribution is -2.40. The summed E-state index contributed by atoms with van der Waals surface area (Å²) in [6.07, 6.45) is 2.39. The molecule has 2 heterocycles. The number of piperidine rings is 1. The van der Waals surface area contributed by atoms with Crippen LogP contribution in [-0.2, 0) is 0 Å². The number of aliphatic hydroxyl groups excluding tert-OH is 2. The Morgan fingerprint density at radius 1 is 1.50 bits per heavy atom. The summed E-state index contributed by atoms with van der Waals surface area (Å²) >= 11 is 1.45. The Hall–Kier alpha value is -1.35. The normalized spacial score (nSPS) is 18.5. The zero-order valence-electron chi connectivity index (χ0n) is 11.3. The highest BCUT2D eigenvalue weighted by atomic mass is 32.1. The third-order valence-corrected chi connectivity index (χ3v) is 4.20. The molecule has 1 aromatic rings. The largest absolute Gasteiger partial charge is 0.396 e. The second kappa shape index (κ2) is 7.44. The van der Waals surface area contributed by atoms with Crippen molar-refractivity contribution in [3.8, 4) is 11.8 Å². The number of likely N-dealkylation sites (tertiary alicyclic amines) is 1. The van der Waals surface area contributed by atoms with Gasteiger partial charge >= 0.3 is 0 Å². The highest BCUT2D eigenvalue weighted by Crippen LogP contribution is 2.20. The van der Waals surface area contributed by atoms with E-state index in [2.05, 4.69) is 11.8 Å². The van der Waals surface area contributed by atoms with Gasteiger partial charge in [0.15, 0.2) is 0 Å². The highest BCUT2D eigenvalue weighted by Gasteiger charge is 2.24. The fourth-order valence-corrected chi connectivity index (χ4v) is 3.05. The molecule has 1 unspecified atom stereocenters. The maximum atomic E-state index is 12.4. The molecule has 0 saturated carbocycles. The van der Waals surface area contributed by atoms with Crippen LogP contribution in [0, 0.1) is 17.8 Å². The van der Waals surface area contributed by atoms with E-state index < -0.39 is 0 Å². The summed E-state index contributed by atoms with van der Waals surface area (Å²) < 4.78 is 0. The molecule has 1 fully saturated rings. The maximum absolute atomic E-state index is 12.4. The lowest BCUT2D eigenvalue weighted by molar-refractivity contribution is 0.0621. The number of carbonyl (C=O) groups excluding carboxylic acids is 1. The number of amides is 1. The Labute approximate surface area is 123 Å². The van der Waals surface area contributed by atoms with E-state index in [0.29, 0.717) is 18.5 Å². The van der Waals surface area contributed by atoms with E-state index in [1.807, 2.05) is 10.3 Å². The molecular weight excluding hydrogens is 274 g/mol. The Balaban J connectivity index is 2.01. The molecule has 1 aliphatic heterocycles. The fraction of sp³-hybridized carbons (Fsp3) is 0.533. The summed E-state index contributed by atoms with van der Waals surface area (Å²) in [5, 5.41) is 19.7. The van der Waals surface area contributed by atoms with Gasteiger partial charge < -0.3 is 15.1 Å². The SMILES string of the molecule is O=C(c1csc(C#CCCO)c1)N1CCCC(CO)C1. The van der Waals surface area contributed by atoms with Gasteiger partial charge in [0.05, 0.1) is 17.0 Å². The number of aliphatic hydroxyl groups is 2. The molecule has 20 heavy (non-hydrogen) atoms. The zero-order valence-corrected chi connectivity index (χ0v) is 12.2. The van der Waals surface area contributed by atoms with Crippen molar-refractivity contribution >= 4 is 17.2 Å². The molecule has 1 aliphatic rings. The van der Waals surface area contributed by atoms with Gasteiger partial charge in [-0.05, 0) is 24.8 Å². The van der Waals surface area contributed by atoms with Gasteiger partial charge in [0.25, 0.3) is 5.91 Å². The van der Waals surface area contributed by atoms with Crippen LogP contribution in [0.3, 0.4) is 0 Å². The van der Waals surface area contributed by atoms with Crippen LogP contribution < -0.4 is 0 Å². The molecule has 0 aromatic carbocycles.